The molecule has 2 aliphatic heterocycles. The third kappa shape index (κ3) is 3.63. The zero-order valence-electron chi connectivity index (χ0n) is 18.1. The topological polar surface area (TPSA) is 57.5 Å². The van der Waals surface area contributed by atoms with Gasteiger partial charge in [-0.15, -0.1) is 0 Å². The second-order valence-corrected chi connectivity index (χ2v) is 9.58. The lowest BCUT2D eigenvalue weighted by molar-refractivity contribution is -0.134. The van der Waals surface area contributed by atoms with Crippen molar-refractivity contribution in [1.82, 2.24) is 0 Å². The van der Waals surface area contributed by atoms with Crippen LogP contribution in [-0.2, 0) is 14.5 Å². The number of fused-ring (bicyclic) bond motifs is 2. The average molecular weight is 521 g/mol. The lowest BCUT2D eigenvalue weighted by Crippen LogP contribution is -2.53. The van der Waals surface area contributed by atoms with Crippen LogP contribution in [0.2, 0.25) is 0 Å². The normalized spacial score (nSPS) is 19.2. The summed E-state index contributed by atoms with van der Waals surface area (Å²) in [5.41, 5.74) is 4.62. The lowest BCUT2D eigenvalue weighted by Gasteiger charge is -2.46. The van der Waals surface area contributed by atoms with Crippen molar-refractivity contribution in [3.05, 3.63) is 94.5 Å². The summed E-state index contributed by atoms with van der Waals surface area (Å²) in [7, 11) is 0. The number of halogens is 1. The van der Waals surface area contributed by atoms with Gasteiger partial charge in [-0.2, -0.15) is 10.2 Å². The number of ether oxygens (including phenoxy) is 1. The van der Waals surface area contributed by atoms with E-state index in [1.165, 1.54) is 11.8 Å². The maximum Gasteiger partial charge on any atom is 0.365 e. The summed E-state index contributed by atoms with van der Waals surface area (Å²) in [5, 5.41) is 13.9. The van der Waals surface area contributed by atoms with Crippen molar-refractivity contribution in [2.45, 2.75) is 18.8 Å². The molecule has 3 aromatic rings. The second-order valence-electron chi connectivity index (χ2n) is 7.50. The molecule has 5 rings (SSSR count). The number of hydrogen-bond donors (Lipinski definition) is 0. The largest absolute Gasteiger partial charge is 0.461 e. The Kier molecular flexibility index (Phi) is 5.72. The van der Waals surface area contributed by atoms with E-state index < -0.39 is 11.0 Å². The molecule has 2 aliphatic rings. The van der Waals surface area contributed by atoms with E-state index in [-0.39, 0.29) is 11.7 Å². The number of thioether (sulfide) groups is 1. The minimum Gasteiger partial charge on any atom is -0.461 e. The fraction of sp³-hybridized carbons (Fsp3) is 0.160. The predicted octanol–water partition coefficient (Wildman–Crippen LogP) is 5.93. The van der Waals surface area contributed by atoms with Crippen LogP contribution in [0.3, 0.4) is 0 Å². The molecule has 0 amide bonds. The molecule has 6 nitrogen and oxygen atoms in total. The standard InChI is InChI=1S/C25H21BrN4O2S/c1-3-32-24(31)23-28-30(20-15-13-18(26)14-16-20)25(33-23)22-12-8-7-11-21(22)17(2)27-29(25)19-9-5-4-6-10-19/h4-16H,3H2,1-2H3. The van der Waals surface area contributed by atoms with Crippen molar-refractivity contribution in [3.8, 4) is 0 Å². The molecule has 1 unspecified atom stereocenters. The van der Waals surface area contributed by atoms with Gasteiger partial charge in [-0.1, -0.05) is 58.4 Å². The van der Waals surface area contributed by atoms with Gasteiger partial charge in [0.25, 0.3) is 0 Å². The SMILES string of the molecule is CCOC(=O)C1=NN(c2ccc(Br)cc2)C2(S1)c1ccccc1C(C)=NN2c1ccccc1. The molecule has 0 bridgehead atoms. The van der Waals surface area contributed by atoms with Crippen LogP contribution >= 0.6 is 27.7 Å². The molecule has 33 heavy (non-hydrogen) atoms. The molecule has 3 aromatic carbocycles. The van der Waals surface area contributed by atoms with Gasteiger partial charge in [0.05, 0.1) is 23.7 Å². The highest BCUT2D eigenvalue weighted by Gasteiger charge is 2.56. The molecule has 0 saturated heterocycles. The number of nitrogens with zero attached hydrogens (tertiary/aromatic N) is 4. The Hall–Kier alpha value is -3.10. The molecular formula is C25H21BrN4O2S. The van der Waals surface area contributed by atoms with Crippen molar-refractivity contribution in [3.63, 3.8) is 0 Å². The van der Waals surface area contributed by atoms with Crippen LogP contribution in [0.1, 0.15) is 25.0 Å². The highest BCUT2D eigenvalue weighted by atomic mass is 79.9. The number of para-hydroxylation sites is 1. The van der Waals surface area contributed by atoms with Crippen molar-refractivity contribution < 1.29 is 9.53 Å². The minimum atomic E-state index is -0.951. The van der Waals surface area contributed by atoms with Crippen molar-refractivity contribution in [2.24, 2.45) is 10.2 Å². The monoisotopic (exact) mass is 520 g/mol. The van der Waals surface area contributed by atoms with E-state index in [0.717, 1.165) is 32.7 Å². The van der Waals surface area contributed by atoms with E-state index in [1.807, 2.05) is 83.7 Å². The van der Waals surface area contributed by atoms with Crippen LogP contribution in [0.5, 0.6) is 0 Å². The predicted molar refractivity (Wildman–Crippen MR) is 138 cm³/mol. The van der Waals surface area contributed by atoms with Gasteiger partial charge in [-0.05, 0) is 62.0 Å². The summed E-state index contributed by atoms with van der Waals surface area (Å²) in [5.74, 6) is -0.446. The van der Waals surface area contributed by atoms with Gasteiger partial charge in [-0.3, -0.25) is 0 Å². The second kappa shape index (κ2) is 8.68. The first-order valence-electron chi connectivity index (χ1n) is 10.6. The maximum absolute atomic E-state index is 12.9. The molecular weight excluding hydrogens is 500 g/mol. The van der Waals surface area contributed by atoms with Crippen LogP contribution in [0.15, 0.2) is 93.5 Å². The van der Waals surface area contributed by atoms with E-state index in [0.29, 0.717) is 0 Å². The summed E-state index contributed by atoms with van der Waals surface area (Å²) in [6, 6.07) is 25.9. The van der Waals surface area contributed by atoms with Crippen molar-refractivity contribution in [2.75, 3.05) is 16.6 Å². The van der Waals surface area contributed by atoms with E-state index in [1.54, 1.807) is 6.92 Å². The highest BCUT2D eigenvalue weighted by molar-refractivity contribution is 9.10. The summed E-state index contributed by atoms with van der Waals surface area (Å²) in [6.45, 7) is 4.07. The van der Waals surface area contributed by atoms with Crippen LogP contribution in [0.4, 0.5) is 11.4 Å². The first-order chi connectivity index (χ1) is 16.0. The van der Waals surface area contributed by atoms with Crippen LogP contribution in [-0.4, -0.2) is 23.3 Å². The fourth-order valence-electron chi connectivity index (χ4n) is 4.02. The number of esters is 1. The third-order valence-corrected chi connectivity index (χ3v) is 7.26. The number of carbonyl (C=O) groups is 1. The Morgan fingerprint density at radius 3 is 2.30 bits per heavy atom. The molecule has 0 radical (unpaired) electrons. The number of anilines is 2. The first-order valence-corrected chi connectivity index (χ1v) is 12.2. The smallest absolute Gasteiger partial charge is 0.365 e. The first kappa shape index (κ1) is 21.7. The van der Waals surface area contributed by atoms with Gasteiger partial charge in [0.15, 0.2) is 0 Å². The number of benzene rings is 3. The zero-order chi connectivity index (χ0) is 23.0. The highest BCUT2D eigenvalue weighted by Crippen LogP contribution is 2.54. The lowest BCUT2D eigenvalue weighted by atomic mass is 9.98. The molecule has 166 valence electrons. The number of rotatable bonds is 4. The molecule has 8 heteroatoms. The molecule has 0 aromatic heterocycles. The Morgan fingerprint density at radius 1 is 0.939 bits per heavy atom. The molecule has 0 fully saturated rings. The molecule has 1 spiro atoms. The van der Waals surface area contributed by atoms with Crippen LogP contribution in [0.25, 0.3) is 0 Å². The van der Waals surface area contributed by atoms with E-state index in [9.17, 15) is 4.79 Å². The van der Waals surface area contributed by atoms with Crippen LogP contribution in [0, 0.1) is 0 Å². The van der Waals surface area contributed by atoms with Gasteiger partial charge < -0.3 is 4.74 Å². The number of hydrogen-bond acceptors (Lipinski definition) is 7. The number of carbonyl (C=O) groups excluding carboxylic acids is 1. The molecule has 1 atom stereocenters. The Bertz CT molecular complexity index is 1260. The minimum absolute atomic E-state index is 0.278. The Morgan fingerprint density at radius 2 is 1.58 bits per heavy atom. The van der Waals surface area contributed by atoms with E-state index in [4.69, 9.17) is 14.9 Å². The maximum atomic E-state index is 12.9. The number of hydrazone groups is 2. The summed E-state index contributed by atoms with van der Waals surface area (Å²) >= 11 is 4.86. The Balaban J connectivity index is 1.78. The van der Waals surface area contributed by atoms with Gasteiger partial charge in [0.2, 0.25) is 10.0 Å². The molecule has 0 N–H and O–H groups in total. The molecule has 0 aliphatic carbocycles. The molecule has 2 heterocycles. The van der Waals surface area contributed by atoms with Gasteiger partial charge in [0.1, 0.15) is 0 Å². The summed E-state index contributed by atoms with van der Waals surface area (Å²) in [6.07, 6.45) is 0. The summed E-state index contributed by atoms with van der Waals surface area (Å²) in [4.78, 5) is 11.9. The zero-order valence-corrected chi connectivity index (χ0v) is 20.5. The average Bonchev–Trinajstić information content (AvgIpc) is 3.24. The van der Waals surface area contributed by atoms with Gasteiger partial charge in [0, 0.05) is 15.6 Å². The Labute approximate surface area is 205 Å². The quantitative estimate of drug-likeness (QED) is 0.398. The third-order valence-electron chi connectivity index (χ3n) is 5.44. The van der Waals surface area contributed by atoms with E-state index in [2.05, 4.69) is 28.1 Å². The van der Waals surface area contributed by atoms with Gasteiger partial charge in [-0.25, -0.2) is 14.8 Å². The van der Waals surface area contributed by atoms with E-state index >= 15 is 0 Å². The van der Waals surface area contributed by atoms with Gasteiger partial charge >= 0.3 is 5.97 Å². The fourth-order valence-corrected chi connectivity index (χ4v) is 5.57. The molecule has 0 saturated carbocycles. The van der Waals surface area contributed by atoms with Crippen LogP contribution < -0.4 is 10.0 Å². The van der Waals surface area contributed by atoms with Crippen molar-refractivity contribution in [1.29, 1.82) is 0 Å². The summed E-state index contributed by atoms with van der Waals surface area (Å²) < 4.78 is 6.29. The van der Waals surface area contributed by atoms with Crippen molar-refractivity contribution >= 4 is 55.8 Å².